The van der Waals surface area contributed by atoms with Crippen LogP contribution in [0.2, 0.25) is 0 Å². The summed E-state index contributed by atoms with van der Waals surface area (Å²) in [6.07, 6.45) is 7.23. The molecular formula is C16H28N4O. The summed E-state index contributed by atoms with van der Waals surface area (Å²) in [5.74, 6) is 6.47. The first kappa shape index (κ1) is 15.0. The highest BCUT2D eigenvalue weighted by Gasteiger charge is 2.42. The number of nitrogens with zero attached hydrogens (tertiary/aromatic N) is 2. The fraction of sp³-hybridized carbons (Fsp3) is 0.812. The van der Waals surface area contributed by atoms with Crippen LogP contribution in [0.3, 0.4) is 0 Å². The van der Waals surface area contributed by atoms with Gasteiger partial charge in [-0.05, 0) is 45.4 Å². The minimum absolute atomic E-state index is 0.127. The Labute approximate surface area is 127 Å². The van der Waals surface area contributed by atoms with Crippen LogP contribution in [0.4, 0.5) is 0 Å². The van der Waals surface area contributed by atoms with E-state index in [1.54, 1.807) is 0 Å². The van der Waals surface area contributed by atoms with Gasteiger partial charge in [0.2, 0.25) is 0 Å². The lowest BCUT2D eigenvalue weighted by Crippen LogP contribution is -2.43. The van der Waals surface area contributed by atoms with Gasteiger partial charge in [0, 0.05) is 24.9 Å². The van der Waals surface area contributed by atoms with Crippen molar-refractivity contribution in [3.63, 3.8) is 0 Å². The fourth-order valence-corrected chi connectivity index (χ4v) is 4.41. The summed E-state index contributed by atoms with van der Waals surface area (Å²) in [5, 5.41) is 4.55. The van der Waals surface area contributed by atoms with E-state index >= 15 is 0 Å². The van der Waals surface area contributed by atoms with Crippen LogP contribution in [0, 0.1) is 19.8 Å². The molecule has 5 heteroatoms. The SMILES string of the molecule is Cc1nn(C)c(C)c1C(NN)C1CCOC2(CCCC2)C1. The van der Waals surface area contributed by atoms with Crippen LogP contribution in [0.5, 0.6) is 0 Å². The molecule has 21 heavy (non-hydrogen) atoms. The second kappa shape index (κ2) is 5.71. The van der Waals surface area contributed by atoms with Crippen LogP contribution in [-0.4, -0.2) is 22.0 Å². The van der Waals surface area contributed by atoms with Gasteiger partial charge >= 0.3 is 0 Å². The van der Waals surface area contributed by atoms with Crippen LogP contribution in [0.25, 0.3) is 0 Å². The molecule has 2 unspecified atom stereocenters. The van der Waals surface area contributed by atoms with E-state index < -0.39 is 0 Å². The third-order valence-electron chi connectivity index (χ3n) is 5.57. The highest BCUT2D eigenvalue weighted by atomic mass is 16.5. The molecule has 1 aliphatic carbocycles. The summed E-state index contributed by atoms with van der Waals surface area (Å²) >= 11 is 0. The van der Waals surface area contributed by atoms with Gasteiger partial charge in [-0.25, -0.2) is 0 Å². The number of hydrogen-bond acceptors (Lipinski definition) is 4. The zero-order valence-corrected chi connectivity index (χ0v) is 13.5. The molecule has 1 saturated carbocycles. The first-order valence-corrected chi connectivity index (χ1v) is 8.16. The molecule has 2 atom stereocenters. The topological polar surface area (TPSA) is 65.1 Å². The van der Waals surface area contributed by atoms with Crippen molar-refractivity contribution in [1.82, 2.24) is 15.2 Å². The molecule has 0 radical (unpaired) electrons. The molecule has 2 fully saturated rings. The molecule has 1 spiro atoms. The summed E-state index contributed by atoms with van der Waals surface area (Å²) in [6, 6.07) is 0.181. The minimum Gasteiger partial charge on any atom is -0.375 e. The van der Waals surface area contributed by atoms with Gasteiger partial charge in [0.15, 0.2) is 0 Å². The third kappa shape index (κ3) is 2.62. The van der Waals surface area contributed by atoms with Gasteiger partial charge in [-0.2, -0.15) is 5.10 Å². The predicted octanol–water partition coefficient (Wildman–Crippen LogP) is 2.28. The van der Waals surface area contributed by atoms with Crippen molar-refractivity contribution in [2.24, 2.45) is 18.8 Å². The summed E-state index contributed by atoms with van der Waals surface area (Å²) in [7, 11) is 2.00. The Morgan fingerprint density at radius 2 is 2.10 bits per heavy atom. The van der Waals surface area contributed by atoms with Gasteiger partial charge in [-0.15, -0.1) is 0 Å². The summed E-state index contributed by atoms with van der Waals surface area (Å²) in [6.45, 7) is 5.07. The molecule has 0 aromatic carbocycles. The van der Waals surface area contributed by atoms with Crippen LogP contribution >= 0.6 is 0 Å². The zero-order valence-electron chi connectivity index (χ0n) is 13.5. The van der Waals surface area contributed by atoms with E-state index in [1.807, 2.05) is 11.7 Å². The molecular weight excluding hydrogens is 264 g/mol. The van der Waals surface area contributed by atoms with Crippen molar-refractivity contribution in [2.45, 2.75) is 64.0 Å². The van der Waals surface area contributed by atoms with Gasteiger partial charge in [0.1, 0.15) is 0 Å². The smallest absolute Gasteiger partial charge is 0.0686 e. The molecule has 1 saturated heterocycles. The van der Waals surface area contributed by atoms with Crippen LogP contribution < -0.4 is 11.3 Å². The number of hydrogen-bond donors (Lipinski definition) is 2. The molecule has 3 rings (SSSR count). The van der Waals surface area contributed by atoms with Crippen LogP contribution in [0.1, 0.15) is 61.5 Å². The number of nitrogens with two attached hydrogens (primary N) is 1. The van der Waals surface area contributed by atoms with Crippen molar-refractivity contribution in [3.8, 4) is 0 Å². The minimum atomic E-state index is 0.127. The van der Waals surface area contributed by atoms with E-state index in [0.29, 0.717) is 5.92 Å². The van der Waals surface area contributed by atoms with Crippen LogP contribution in [0.15, 0.2) is 0 Å². The first-order valence-electron chi connectivity index (χ1n) is 8.16. The highest BCUT2D eigenvalue weighted by Crippen LogP contribution is 2.45. The Balaban J connectivity index is 1.85. The number of nitrogens with one attached hydrogen (secondary N) is 1. The molecule has 5 nitrogen and oxygen atoms in total. The normalized spacial score (nSPS) is 26.4. The van der Waals surface area contributed by atoms with Crippen molar-refractivity contribution < 1.29 is 4.74 Å². The molecule has 0 bridgehead atoms. The van der Waals surface area contributed by atoms with Gasteiger partial charge in [-0.1, -0.05) is 12.8 Å². The highest BCUT2D eigenvalue weighted by molar-refractivity contribution is 5.29. The molecule has 118 valence electrons. The number of aromatic nitrogens is 2. The number of rotatable bonds is 3. The summed E-state index contributed by atoms with van der Waals surface area (Å²) in [5.41, 5.74) is 6.78. The van der Waals surface area contributed by atoms with Crippen molar-refractivity contribution in [1.29, 1.82) is 0 Å². The first-order chi connectivity index (χ1) is 10.1. The summed E-state index contributed by atoms with van der Waals surface area (Å²) < 4.78 is 8.12. The van der Waals surface area contributed by atoms with Crippen molar-refractivity contribution in [3.05, 3.63) is 17.0 Å². The standard InChI is InChI=1S/C16H28N4O/c1-11-14(12(2)20(3)19-11)15(18-17)13-6-9-21-16(10-13)7-4-5-8-16/h13,15,18H,4-10,17H2,1-3H3. The van der Waals surface area contributed by atoms with E-state index in [2.05, 4.69) is 24.4 Å². The van der Waals surface area contributed by atoms with Crippen molar-refractivity contribution >= 4 is 0 Å². The lowest BCUT2D eigenvalue weighted by Gasteiger charge is -2.41. The number of hydrazine groups is 1. The lowest BCUT2D eigenvalue weighted by molar-refractivity contribution is -0.0983. The molecule has 2 heterocycles. The van der Waals surface area contributed by atoms with E-state index in [1.165, 1.54) is 36.9 Å². The van der Waals surface area contributed by atoms with E-state index in [4.69, 9.17) is 10.6 Å². The van der Waals surface area contributed by atoms with Gasteiger partial charge in [0.25, 0.3) is 0 Å². The second-order valence-electron chi connectivity index (χ2n) is 6.84. The fourth-order valence-electron chi connectivity index (χ4n) is 4.41. The molecule has 2 aliphatic rings. The van der Waals surface area contributed by atoms with Crippen molar-refractivity contribution in [2.75, 3.05) is 6.61 Å². The Bertz CT molecular complexity index is 505. The second-order valence-corrected chi connectivity index (χ2v) is 6.84. The van der Waals surface area contributed by atoms with Gasteiger partial charge in [0.05, 0.1) is 17.3 Å². The predicted molar refractivity (Wildman–Crippen MR) is 82.6 cm³/mol. The molecule has 3 N–H and O–H groups in total. The lowest BCUT2D eigenvalue weighted by atomic mass is 9.78. The quantitative estimate of drug-likeness (QED) is 0.662. The summed E-state index contributed by atoms with van der Waals surface area (Å²) in [4.78, 5) is 0. The Hall–Kier alpha value is -0.910. The average molecular weight is 292 g/mol. The monoisotopic (exact) mass is 292 g/mol. The number of ether oxygens (including phenoxy) is 1. The molecule has 1 aromatic heterocycles. The van der Waals surface area contributed by atoms with E-state index in [0.717, 1.165) is 25.1 Å². The molecule has 1 aliphatic heterocycles. The Morgan fingerprint density at radius 1 is 1.38 bits per heavy atom. The maximum absolute atomic E-state index is 6.16. The Kier molecular flexibility index (Phi) is 4.08. The maximum atomic E-state index is 6.16. The van der Waals surface area contributed by atoms with Gasteiger partial charge in [-0.3, -0.25) is 16.0 Å². The zero-order chi connectivity index (χ0) is 15.0. The maximum Gasteiger partial charge on any atom is 0.0686 e. The average Bonchev–Trinajstić information content (AvgIpc) is 3.00. The molecule has 1 aromatic rings. The van der Waals surface area contributed by atoms with E-state index in [-0.39, 0.29) is 11.6 Å². The van der Waals surface area contributed by atoms with E-state index in [9.17, 15) is 0 Å². The van der Waals surface area contributed by atoms with Crippen LogP contribution in [-0.2, 0) is 11.8 Å². The molecule has 0 amide bonds. The number of aryl methyl sites for hydroxylation is 2. The third-order valence-corrected chi connectivity index (χ3v) is 5.57. The largest absolute Gasteiger partial charge is 0.375 e. The van der Waals surface area contributed by atoms with Gasteiger partial charge < -0.3 is 4.74 Å². The Morgan fingerprint density at radius 3 is 2.67 bits per heavy atom.